The fourth-order valence-electron chi connectivity index (χ4n) is 3.11. The molecule has 0 spiro atoms. The van der Waals surface area contributed by atoms with E-state index in [4.69, 9.17) is 9.47 Å². The zero-order valence-electron chi connectivity index (χ0n) is 14.3. The van der Waals surface area contributed by atoms with E-state index in [0.717, 1.165) is 25.2 Å². The third-order valence-electron chi connectivity index (χ3n) is 4.56. The van der Waals surface area contributed by atoms with Crippen molar-refractivity contribution < 1.29 is 18.3 Å². The van der Waals surface area contributed by atoms with Gasteiger partial charge in [0.25, 0.3) is 0 Å². The van der Waals surface area contributed by atoms with Crippen LogP contribution in [0.25, 0.3) is 0 Å². The molecule has 0 aromatic heterocycles. The first-order valence-electron chi connectivity index (χ1n) is 8.65. The molecule has 1 aliphatic rings. The zero-order valence-corrected chi connectivity index (χ0v) is 14.3. The summed E-state index contributed by atoms with van der Waals surface area (Å²) in [7, 11) is 0. The summed E-state index contributed by atoms with van der Waals surface area (Å²) in [4.78, 5) is 0. The van der Waals surface area contributed by atoms with E-state index in [1.807, 2.05) is 6.08 Å². The van der Waals surface area contributed by atoms with E-state index in [0.29, 0.717) is 12.5 Å². The van der Waals surface area contributed by atoms with Gasteiger partial charge in [-0.25, -0.2) is 0 Å². The van der Waals surface area contributed by atoms with Crippen molar-refractivity contribution in [1.82, 2.24) is 0 Å². The Labute approximate surface area is 143 Å². The Bertz CT molecular complexity index is 561. The van der Waals surface area contributed by atoms with Crippen LogP contribution in [-0.4, -0.2) is 6.61 Å². The molecule has 1 fully saturated rings. The van der Waals surface area contributed by atoms with Gasteiger partial charge in [0.2, 0.25) is 11.6 Å². The van der Waals surface area contributed by atoms with Crippen LogP contribution in [0.4, 0.5) is 8.78 Å². The zero-order chi connectivity index (χ0) is 17.4. The lowest BCUT2D eigenvalue weighted by Gasteiger charge is -2.28. The van der Waals surface area contributed by atoms with Crippen molar-refractivity contribution in [3.8, 4) is 11.5 Å². The van der Waals surface area contributed by atoms with Gasteiger partial charge in [0.1, 0.15) is 0 Å². The average molecular weight is 336 g/mol. The quantitative estimate of drug-likeness (QED) is 0.426. The summed E-state index contributed by atoms with van der Waals surface area (Å²) in [5.41, 5.74) is 0. The van der Waals surface area contributed by atoms with Gasteiger partial charge < -0.3 is 9.47 Å². The number of hydrogen-bond donors (Lipinski definition) is 0. The lowest BCUT2D eigenvalue weighted by Crippen LogP contribution is -2.20. The highest BCUT2D eigenvalue weighted by Crippen LogP contribution is 2.33. The topological polar surface area (TPSA) is 18.5 Å². The highest BCUT2D eigenvalue weighted by Gasteiger charge is 2.22. The highest BCUT2D eigenvalue weighted by atomic mass is 19.2. The molecule has 1 aromatic carbocycles. The number of hydrogen-bond acceptors (Lipinski definition) is 2. The number of allylic oxidation sites excluding steroid dienone is 2. The van der Waals surface area contributed by atoms with Gasteiger partial charge in [0.15, 0.2) is 11.5 Å². The maximum absolute atomic E-state index is 14.0. The summed E-state index contributed by atoms with van der Waals surface area (Å²) in [6.07, 6.45) is 11.7. The van der Waals surface area contributed by atoms with E-state index in [1.165, 1.54) is 37.7 Å². The predicted octanol–water partition coefficient (Wildman–Crippen LogP) is 6.03. The second kappa shape index (κ2) is 9.45. The normalized spacial score (nSPS) is 21.0. The smallest absolute Gasteiger partial charge is 0.205 e. The lowest BCUT2D eigenvalue weighted by atomic mass is 9.80. The number of halogens is 2. The fraction of sp³-hybridized carbons (Fsp3) is 0.500. The van der Waals surface area contributed by atoms with Gasteiger partial charge in [-0.3, -0.25) is 0 Å². The Hall–Kier alpha value is -1.84. The predicted molar refractivity (Wildman–Crippen MR) is 92.2 cm³/mol. The molecule has 1 aromatic rings. The Morgan fingerprint density at radius 1 is 1.08 bits per heavy atom. The van der Waals surface area contributed by atoms with E-state index < -0.39 is 11.6 Å². The Morgan fingerprint density at radius 3 is 2.38 bits per heavy atom. The molecule has 2 nitrogen and oxygen atoms in total. The van der Waals surface area contributed by atoms with E-state index in [1.54, 1.807) is 13.0 Å². The van der Waals surface area contributed by atoms with Gasteiger partial charge in [-0.05, 0) is 56.6 Å². The van der Waals surface area contributed by atoms with Crippen LogP contribution in [0.2, 0.25) is 0 Å². The van der Waals surface area contributed by atoms with Gasteiger partial charge in [-0.15, -0.1) is 6.58 Å². The Balaban J connectivity index is 1.84. The molecule has 0 unspecified atom stereocenters. The molecular formula is C20H26F2O2. The molecule has 132 valence electrons. The molecule has 4 heteroatoms. The molecule has 0 aliphatic heterocycles. The molecule has 0 saturated heterocycles. The molecule has 2 rings (SSSR count). The van der Waals surface area contributed by atoms with Gasteiger partial charge >= 0.3 is 0 Å². The summed E-state index contributed by atoms with van der Waals surface area (Å²) < 4.78 is 38.5. The summed E-state index contributed by atoms with van der Waals surface area (Å²) in [6, 6.07) is 2.81. The molecule has 0 radical (unpaired) electrons. The van der Waals surface area contributed by atoms with Crippen LogP contribution in [0, 0.1) is 23.5 Å². The van der Waals surface area contributed by atoms with Crippen LogP contribution >= 0.6 is 0 Å². The summed E-state index contributed by atoms with van der Waals surface area (Å²) in [6.45, 7) is 5.93. The number of ether oxygens (including phenoxy) is 2. The second-order valence-corrected chi connectivity index (χ2v) is 6.34. The average Bonchev–Trinajstić information content (AvgIpc) is 2.61. The third kappa shape index (κ3) is 5.08. The summed E-state index contributed by atoms with van der Waals surface area (Å²) >= 11 is 0. The molecular weight excluding hydrogens is 310 g/mol. The molecule has 1 aliphatic carbocycles. The number of benzene rings is 1. The van der Waals surface area contributed by atoms with Crippen LogP contribution < -0.4 is 9.47 Å². The first kappa shape index (κ1) is 18.5. The second-order valence-electron chi connectivity index (χ2n) is 6.34. The van der Waals surface area contributed by atoms with E-state index in [9.17, 15) is 8.78 Å². The standard InChI is InChI=1S/C20H26F2O2/c1-3-5-6-15-7-9-16(10-8-15)14-24-18-12-11-17(23-13-4-2)19(21)20(18)22/h3-4,11-13,15-16H,1,5-10,14H2,2H3/b13-4+. The third-order valence-corrected chi connectivity index (χ3v) is 4.56. The van der Waals surface area contributed by atoms with Gasteiger partial charge in [-0.1, -0.05) is 25.0 Å². The SMILES string of the molecule is C=CCCC1CCC(COc2ccc(O/C=C/C)c(F)c2F)CC1. The molecule has 0 N–H and O–H groups in total. The monoisotopic (exact) mass is 336 g/mol. The molecule has 0 bridgehead atoms. The van der Waals surface area contributed by atoms with Gasteiger partial charge in [-0.2, -0.15) is 8.78 Å². The minimum atomic E-state index is -1.02. The van der Waals surface area contributed by atoms with Crippen molar-refractivity contribution in [2.24, 2.45) is 11.8 Å². The maximum atomic E-state index is 14.0. The van der Waals surface area contributed by atoms with E-state index >= 15 is 0 Å². The van der Waals surface area contributed by atoms with E-state index in [-0.39, 0.29) is 11.5 Å². The van der Waals surface area contributed by atoms with Crippen molar-refractivity contribution >= 4 is 0 Å². The van der Waals surface area contributed by atoms with Crippen molar-refractivity contribution in [2.45, 2.75) is 45.4 Å². The summed E-state index contributed by atoms with van der Waals surface area (Å²) in [5.74, 6) is -1.02. The maximum Gasteiger partial charge on any atom is 0.205 e. The first-order valence-corrected chi connectivity index (χ1v) is 8.65. The van der Waals surface area contributed by atoms with Crippen LogP contribution in [0.3, 0.4) is 0 Å². The lowest BCUT2D eigenvalue weighted by molar-refractivity contribution is 0.174. The highest BCUT2D eigenvalue weighted by molar-refractivity contribution is 5.35. The minimum Gasteiger partial charge on any atom is -0.490 e. The Morgan fingerprint density at radius 2 is 1.71 bits per heavy atom. The van der Waals surface area contributed by atoms with Crippen LogP contribution in [-0.2, 0) is 0 Å². The van der Waals surface area contributed by atoms with Crippen LogP contribution in [0.15, 0.2) is 37.1 Å². The largest absolute Gasteiger partial charge is 0.490 e. The molecule has 0 atom stereocenters. The van der Waals surface area contributed by atoms with Crippen LogP contribution in [0.1, 0.15) is 45.4 Å². The van der Waals surface area contributed by atoms with Crippen molar-refractivity contribution in [1.29, 1.82) is 0 Å². The van der Waals surface area contributed by atoms with Crippen molar-refractivity contribution in [3.63, 3.8) is 0 Å². The first-order chi connectivity index (χ1) is 11.7. The summed E-state index contributed by atoms with van der Waals surface area (Å²) in [5, 5.41) is 0. The van der Waals surface area contributed by atoms with Crippen molar-refractivity contribution in [3.05, 3.63) is 48.8 Å². The van der Waals surface area contributed by atoms with Crippen LogP contribution in [0.5, 0.6) is 11.5 Å². The molecule has 0 heterocycles. The fourth-order valence-corrected chi connectivity index (χ4v) is 3.11. The van der Waals surface area contributed by atoms with Crippen molar-refractivity contribution in [2.75, 3.05) is 6.61 Å². The molecule has 0 amide bonds. The molecule has 24 heavy (non-hydrogen) atoms. The van der Waals surface area contributed by atoms with Gasteiger partial charge in [0.05, 0.1) is 12.9 Å². The van der Waals surface area contributed by atoms with Gasteiger partial charge in [0, 0.05) is 0 Å². The molecule has 1 saturated carbocycles. The number of rotatable bonds is 8. The van der Waals surface area contributed by atoms with E-state index in [2.05, 4.69) is 6.58 Å². The Kier molecular flexibility index (Phi) is 7.29. The minimum absolute atomic E-state index is 0.0471.